The third kappa shape index (κ3) is 3.92. The summed E-state index contributed by atoms with van der Waals surface area (Å²) in [5.41, 5.74) is 1.32. The standard InChI is InChI=1S/C18H13Cl2N3O3/c1-10(24)12-4-2-3-5-15(12)23-16(25)8-26-18-13-6-11(19)7-14(20)17(13)21-9-22-18/h2-7,9H,8H2,1H3,(H,23,25). The number of rotatable bonds is 5. The van der Waals surface area contributed by atoms with Crippen molar-refractivity contribution in [2.75, 3.05) is 11.9 Å². The van der Waals surface area contributed by atoms with E-state index in [1.165, 1.54) is 13.3 Å². The molecule has 0 radical (unpaired) electrons. The molecule has 1 heterocycles. The Morgan fingerprint density at radius 2 is 1.92 bits per heavy atom. The Kier molecular flexibility index (Phi) is 5.35. The summed E-state index contributed by atoms with van der Waals surface area (Å²) in [7, 11) is 0. The van der Waals surface area contributed by atoms with Crippen LogP contribution < -0.4 is 10.1 Å². The van der Waals surface area contributed by atoms with Crippen molar-refractivity contribution in [3.8, 4) is 5.88 Å². The summed E-state index contributed by atoms with van der Waals surface area (Å²) in [4.78, 5) is 31.9. The Hall–Kier alpha value is -2.70. The average Bonchev–Trinajstić information content (AvgIpc) is 2.60. The van der Waals surface area contributed by atoms with Crippen LogP contribution >= 0.6 is 23.2 Å². The number of hydrogen-bond donors (Lipinski definition) is 1. The molecule has 3 rings (SSSR count). The molecule has 2 aromatic carbocycles. The van der Waals surface area contributed by atoms with Gasteiger partial charge >= 0.3 is 0 Å². The Morgan fingerprint density at radius 1 is 1.15 bits per heavy atom. The second-order valence-corrected chi connectivity index (χ2v) is 6.24. The van der Waals surface area contributed by atoms with E-state index in [1.807, 2.05) is 0 Å². The highest BCUT2D eigenvalue weighted by Crippen LogP contribution is 2.30. The lowest BCUT2D eigenvalue weighted by Crippen LogP contribution is -2.21. The van der Waals surface area contributed by atoms with Gasteiger partial charge in [0.15, 0.2) is 12.4 Å². The SMILES string of the molecule is CC(=O)c1ccccc1NC(=O)COc1ncnc2c(Cl)cc(Cl)cc12. The van der Waals surface area contributed by atoms with E-state index >= 15 is 0 Å². The van der Waals surface area contributed by atoms with Gasteiger partial charge in [0, 0.05) is 10.6 Å². The van der Waals surface area contributed by atoms with Crippen molar-refractivity contribution in [1.82, 2.24) is 9.97 Å². The van der Waals surface area contributed by atoms with Crippen LogP contribution in [-0.2, 0) is 4.79 Å². The molecular weight excluding hydrogens is 377 g/mol. The summed E-state index contributed by atoms with van der Waals surface area (Å²) >= 11 is 12.1. The van der Waals surface area contributed by atoms with E-state index in [0.29, 0.717) is 32.2 Å². The lowest BCUT2D eigenvalue weighted by Gasteiger charge is -2.11. The van der Waals surface area contributed by atoms with Gasteiger partial charge in [0.1, 0.15) is 6.33 Å². The number of fused-ring (bicyclic) bond motifs is 1. The lowest BCUT2D eigenvalue weighted by atomic mass is 10.1. The van der Waals surface area contributed by atoms with Gasteiger partial charge in [-0.15, -0.1) is 0 Å². The number of nitrogens with one attached hydrogen (secondary N) is 1. The third-order valence-electron chi connectivity index (χ3n) is 3.54. The maximum absolute atomic E-state index is 12.2. The van der Waals surface area contributed by atoms with Crippen LogP contribution in [0.3, 0.4) is 0 Å². The van der Waals surface area contributed by atoms with Crippen LogP contribution in [0.1, 0.15) is 17.3 Å². The molecule has 6 nitrogen and oxygen atoms in total. The van der Waals surface area contributed by atoms with Gasteiger partial charge in [0.2, 0.25) is 5.88 Å². The first-order valence-corrected chi connectivity index (χ1v) is 8.33. The molecule has 0 aliphatic heterocycles. The molecule has 0 unspecified atom stereocenters. The number of carbonyl (C=O) groups excluding carboxylic acids is 2. The quantitative estimate of drug-likeness (QED) is 0.662. The monoisotopic (exact) mass is 389 g/mol. The minimum absolute atomic E-state index is 0.145. The molecule has 0 saturated carbocycles. The van der Waals surface area contributed by atoms with Crippen molar-refractivity contribution >= 4 is 51.5 Å². The zero-order valence-corrected chi connectivity index (χ0v) is 15.1. The van der Waals surface area contributed by atoms with Crippen LogP contribution in [0.2, 0.25) is 10.0 Å². The van der Waals surface area contributed by atoms with Crippen molar-refractivity contribution in [2.24, 2.45) is 0 Å². The van der Waals surface area contributed by atoms with Gasteiger partial charge in [0.05, 0.1) is 21.6 Å². The topological polar surface area (TPSA) is 81.2 Å². The molecule has 26 heavy (non-hydrogen) atoms. The summed E-state index contributed by atoms with van der Waals surface area (Å²) in [5.74, 6) is -0.388. The third-order valence-corrected chi connectivity index (χ3v) is 4.05. The number of ketones is 1. The number of amides is 1. The molecule has 0 aliphatic carbocycles. The van der Waals surface area contributed by atoms with Crippen molar-refractivity contribution < 1.29 is 14.3 Å². The number of nitrogens with zero attached hydrogens (tertiary/aromatic N) is 2. The highest BCUT2D eigenvalue weighted by Gasteiger charge is 2.13. The molecule has 0 aliphatic rings. The van der Waals surface area contributed by atoms with E-state index in [9.17, 15) is 9.59 Å². The molecule has 1 amide bonds. The number of hydrogen-bond acceptors (Lipinski definition) is 5. The smallest absolute Gasteiger partial charge is 0.262 e. The Morgan fingerprint density at radius 3 is 2.69 bits per heavy atom. The summed E-state index contributed by atoms with van der Waals surface area (Å²) in [6, 6.07) is 9.91. The van der Waals surface area contributed by atoms with Crippen LogP contribution in [-0.4, -0.2) is 28.3 Å². The molecule has 1 N–H and O–H groups in total. The first-order chi connectivity index (χ1) is 12.5. The van der Waals surface area contributed by atoms with Crippen LogP contribution in [0.5, 0.6) is 5.88 Å². The zero-order chi connectivity index (χ0) is 18.7. The molecular formula is C18H13Cl2N3O3. The molecule has 0 bridgehead atoms. The number of halogens is 2. The Labute approximate surface area is 159 Å². The maximum Gasteiger partial charge on any atom is 0.262 e. The summed E-state index contributed by atoms with van der Waals surface area (Å²) in [6.45, 7) is 1.13. The number of aromatic nitrogens is 2. The van der Waals surface area contributed by atoms with Gasteiger partial charge in [-0.1, -0.05) is 35.3 Å². The van der Waals surface area contributed by atoms with E-state index in [1.54, 1.807) is 36.4 Å². The van der Waals surface area contributed by atoms with E-state index in [0.717, 1.165) is 0 Å². The van der Waals surface area contributed by atoms with Gasteiger partial charge in [-0.2, -0.15) is 0 Å². The number of carbonyl (C=O) groups is 2. The number of para-hydroxylation sites is 1. The number of anilines is 1. The van der Waals surface area contributed by atoms with Crippen molar-refractivity contribution in [3.63, 3.8) is 0 Å². The maximum atomic E-state index is 12.2. The number of ether oxygens (including phenoxy) is 1. The van der Waals surface area contributed by atoms with Gasteiger partial charge in [-0.25, -0.2) is 9.97 Å². The van der Waals surface area contributed by atoms with Gasteiger partial charge in [0.25, 0.3) is 5.91 Å². The normalized spacial score (nSPS) is 10.6. The first-order valence-electron chi connectivity index (χ1n) is 7.58. The fourth-order valence-electron chi connectivity index (χ4n) is 2.40. The van der Waals surface area contributed by atoms with E-state index in [4.69, 9.17) is 27.9 Å². The molecule has 1 aromatic heterocycles. The fourth-order valence-corrected chi connectivity index (χ4v) is 2.95. The van der Waals surface area contributed by atoms with Crippen molar-refractivity contribution in [2.45, 2.75) is 6.92 Å². The predicted octanol–water partition coefficient (Wildman–Crippen LogP) is 4.16. The Balaban J connectivity index is 1.77. The highest BCUT2D eigenvalue weighted by molar-refractivity contribution is 6.38. The van der Waals surface area contributed by atoms with Crippen LogP contribution in [0.25, 0.3) is 10.9 Å². The number of Topliss-reactive ketones (excluding diaryl/α,β-unsaturated/α-hetero) is 1. The second-order valence-electron chi connectivity index (χ2n) is 5.40. The van der Waals surface area contributed by atoms with E-state index in [-0.39, 0.29) is 18.3 Å². The minimum atomic E-state index is -0.432. The van der Waals surface area contributed by atoms with Crippen LogP contribution in [0, 0.1) is 0 Å². The number of benzene rings is 2. The van der Waals surface area contributed by atoms with Crippen molar-refractivity contribution in [1.29, 1.82) is 0 Å². The largest absolute Gasteiger partial charge is 0.467 e. The lowest BCUT2D eigenvalue weighted by molar-refractivity contribution is -0.118. The molecule has 8 heteroatoms. The molecule has 0 atom stereocenters. The van der Waals surface area contributed by atoms with E-state index in [2.05, 4.69) is 15.3 Å². The van der Waals surface area contributed by atoms with Crippen LogP contribution in [0.15, 0.2) is 42.7 Å². The molecule has 0 fully saturated rings. The van der Waals surface area contributed by atoms with E-state index < -0.39 is 5.91 Å². The van der Waals surface area contributed by atoms with Crippen LogP contribution in [0.4, 0.5) is 5.69 Å². The zero-order valence-electron chi connectivity index (χ0n) is 13.6. The molecule has 132 valence electrons. The predicted molar refractivity (Wildman–Crippen MR) is 100 cm³/mol. The summed E-state index contributed by atoms with van der Waals surface area (Å²) in [6.07, 6.45) is 1.29. The van der Waals surface area contributed by atoms with Crippen molar-refractivity contribution in [3.05, 3.63) is 58.3 Å². The van der Waals surface area contributed by atoms with Gasteiger partial charge in [-0.3, -0.25) is 9.59 Å². The second kappa shape index (κ2) is 7.68. The average molecular weight is 390 g/mol. The molecule has 0 spiro atoms. The summed E-state index contributed by atoms with van der Waals surface area (Å²) in [5, 5.41) is 3.92. The highest BCUT2D eigenvalue weighted by atomic mass is 35.5. The molecule has 3 aromatic rings. The fraction of sp³-hybridized carbons (Fsp3) is 0.111. The van der Waals surface area contributed by atoms with Gasteiger partial charge < -0.3 is 10.1 Å². The first kappa shape index (κ1) is 18.1. The Bertz CT molecular complexity index is 1010. The summed E-state index contributed by atoms with van der Waals surface area (Å²) < 4.78 is 5.50. The minimum Gasteiger partial charge on any atom is -0.467 e. The molecule has 0 saturated heterocycles. The van der Waals surface area contributed by atoms with Gasteiger partial charge in [-0.05, 0) is 31.2 Å².